The Balaban J connectivity index is 1.08. The van der Waals surface area contributed by atoms with Crippen LogP contribution in [0.15, 0.2) is 42.5 Å². The number of benzene rings is 1. The number of carboxylic acids is 1. The quantitative estimate of drug-likeness (QED) is 0.305. The van der Waals surface area contributed by atoms with Gasteiger partial charge >= 0.3 is 5.97 Å². The van der Waals surface area contributed by atoms with Crippen molar-refractivity contribution in [3.05, 3.63) is 75.8 Å². The smallest absolute Gasteiger partial charge is 0.346 e. The zero-order valence-electron chi connectivity index (χ0n) is 21.8. The van der Waals surface area contributed by atoms with Crippen LogP contribution in [0.2, 0.25) is 0 Å². The number of aromatic carboxylic acids is 1. The second-order valence-corrected chi connectivity index (χ2v) is 11.2. The van der Waals surface area contributed by atoms with Crippen LogP contribution in [-0.4, -0.2) is 56.3 Å². The van der Waals surface area contributed by atoms with Crippen LogP contribution in [0.4, 0.5) is 4.39 Å². The molecule has 6 rings (SSSR count). The van der Waals surface area contributed by atoms with Gasteiger partial charge in [-0.25, -0.2) is 19.2 Å². The van der Waals surface area contributed by atoms with Crippen molar-refractivity contribution in [2.75, 3.05) is 19.7 Å². The van der Waals surface area contributed by atoms with E-state index in [1.807, 2.05) is 18.2 Å². The van der Waals surface area contributed by atoms with Crippen molar-refractivity contribution in [3.8, 4) is 11.9 Å². The largest absolute Gasteiger partial charge is 0.477 e. The van der Waals surface area contributed by atoms with E-state index >= 15 is 0 Å². The number of hydrogen-bond acceptors (Lipinski definition) is 8. The third-order valence-electron chi connectivity index (χ3n) is 7.56. The van der Waals surface area contributed by atoms with Crippen LogP contribution < -0.4 is 4.74 Å². The Bertz CT molecular complexity index is 1580. The lowest BCUT2D eigenvalue weighted by atomic mass is 9.93. The third-order valence-corrected chi connectivity index (χ3v) is 8.70. The SMILES string of the molecule is N#Cc1ccc(COc2cccc(C3CCN(Cc4nc5cc(C(=O)O)sc5n4CC4CCO4)CC3)n2)c(F)c1. The molecule has 2 aliphatic heterocycles. The van der Waals surface area contributed by atoms with Gasteiger partial charge in [0.2, 0.25) is 5.88 Å². The molecule has 3 aromatic heterocycles. The van der Waals surface area contributed by atoms with Crippen molar-refractivity contribution >= 4 is 27.7 Å². The summed E-state index contributed by atoms with van der Waals surface area (Å²) in [5, 5.41) is 18.3. The Morgan fingerprint density at radius 3 is 2.73 bits per heavy atom. The molecule has 0 radical (unpaired) electrons. The van der Waals surface area contributed by atoms with Gasteiger partial charge in [0.1, 0.15) is 33.5 Å². The summed E-state index contributed by atoms with van der Waals surface area (Å²) in [5.74, 6) is 0.282. The first kappa shape index (κ1) is 26.4. The molecule has 0 spiro atoms. The van der Waals surface area contributed by atoms with Gasteiger partial charge in [-0.1, -0.05) is 12.1 Å². The van der Waals surface area contributed by atoms with Crippen molar-refractivity contribution in [2.45, 2.75) is 51.0 Å². The van der Waals surface area contributed by atoms with E-state index in [2.05, 4.69) is 9.47 Å². The number of likely N-dealkylation sites (tertiary alicyclic amines) is 1. The average Bonchev–Trinajstić information content (AvgIpc) is 3.49. The van der Waals surface area contributed by atoms with Gasteiger partial charge in [0.05, 0.1) is 30.8 Å². The Morgan fingerprint density at radius 2 is 2.02 bits per heavy atom. The Kier molecular flexibility index (Phi) is 7.47. The molecule has 11 heteroatoms. The predicted octanol–water partition coefficient (Wildman–Crippen LogP) is 4.95. The molecule has 1 atom stereocenters. The van der Waals surface area contributed by atoms with E-state index in [9.17, 15) is 14.3 Å². The molecule has 1 N–H and O–H groups in total. The molecule has 206 valence electrons. The van der Waals surface area contributed by atoms with E-state index in [1.54, 1.807) is 24.3 Å². The van der Waals surface area contributed by atoms with Crippen LogP contribution in [0, 0.1) is 17.1 Å². The van der Waals surface area contributed by atoms with E-state index in [0.717, 1.165) is 60.8 Å². The average molecular weight is 562 g/mol. The summed E-state index contributed by atoms with van der Waals surface area (Å²) >= 11 is 1.27. The summed E-state index contributed by atoms with van der Waals surface area (Å²) in [6.45, 7) is 3.95. The van der Waals surface area contributed by atoms with Gasteiger partial charge in [0, 0.05) is 29.8 Å². The third kappa shape index (κ3) is 5.56. The molecule has 2 fully saturated rings. The number of carbonyl (C=O) groups is 1. The maximum atomic E-state index is 14.2. The lowest BCUT2D eigenvalue weighted by Gasteiger charge is -2.32. The number of imidazole rings is 1. The monoisotopic (exact) mass is 561 g/mol. The molecule has 1 aromatic carbocycles. The number of thiophene rings is 1. The highest BCUT2D eigenvalue weighted by Gasteiger charge is 2.27. The van der Waals surface area contributed by atoms with Gasteiger partial charge in [-0.2, -0.15) is 5.26 Å². The zero-order valence-corrected chi connectivity index (χ0v) is 22.6. The fourth-order valence-corrected chi connectivity index (χ4v) is 6.18. The molecule has 2 saturated heterocycles. The molecule has 9 nitrogen and oxygen atoms in total. The minimum Gasteiger partial charge on any atom is -0.477 e. The highest BCUT2D eigenvalue weighted by Crippen LogP contribution is 2.32. The molecule has 0 bridgehead atoms. The summed E-state index contributed by atoms with van der Waals surface area (Å²) in [7, 11) is 0. The number of hydrogen-bond donors (Lipinski definition) is 1. The maximum Gasteiger partial charge on any atom is 0.346 e. The Morgan fingerprint density at radius 1 is 1.20 bits per heavy atom. The minimum atomic E-state index is -0.928. The highest BCUT2D eigenvalue weighted by molar-refractivity contribution is 7.20. The molecule has 0 saturated carbocycles. The summed E-state index contributed by atoms with van der Waals surface area (Å²) in [5.41, 5.74) is 2.34. The second kappa shape index (κ2) is 11.3. The molecule has 5 heterocycles. The summed E-state index contributed by atoms with van der Waals surface area (Å²) in [4.78, 5) is 24.6. The number of nitriles is 1. The zero-order chi connectivity index (χ0) is 27.6. The first-order valence-electron chi connectivity index (χ1n) is 13.3. The van der Waals surface area contributed by atoms with Crippen molar-refractivity contribution in [1.82, 2.24) is 19.4 Å². The van der Waals surface area contributed by atoms with Gasteiger partial charge in [-0.15, -0.1) is 11.3 Å². The van der Waals surface area contributed by atoms with Crippen LogP contribution in [0.1, 0.15) is 57.5 Å². The van der Waals surface area contributed by atoms with E-state index in [1.165, 1.54) is 17.4 Å². The molecular weight excluding hydrogens is 533 g/mol. The first-order chi connectivity index (χ1) is 19.5. The molecular formula is C29H28FN5O4S. The van der Waals surface area contributed by atoms with Crippen LogP contribution in [-0.2, 0) is 24.4 Å². The number of carboxylic acid groups (broad SMARTS) is 1. The minimum absolute atomic E-state index is 0.0381. The van der Waals surface area contributed by atoms with E-state index in [0.29, 0.717) is 29.4 Å². The van der Waals surface area contributed by atoms with Crippen LogP contribution >= 0.6 is 11.3 Å². The Labute approximate surface area is 234 Å². The molecule has 0 aliphatic carbocycles. The predicted molar refractivity (Wildman–Crippen MR) is 146 cm³/mol. The van der Waals surface area contributed by atoms with Gasteiger partial charge < -0.3 is 19.1 Å². The van der Waals surface area contributed by atoms with Crippen molar-refractivity contribution in [3.63, 3.8) is 0 Å². The van der Waals surface area contributed by atoms with Crippen molar-refractivity contribution < 1.29 is 23.8 Å². The van der Waals surface area contributed by atoms with Gasteiger partial charge in [0.15, 0.2) is 0 Å². The normalized spacial score (nSPS) is 17.9. The Hall–Kier alpha value is -3.85. The first-order valence-corrected chi connectivity index (χ1v) is 14.1. The van der Waals surface area contributed by atoms with Crippen LogP contribution in [0.5, 0.6) is 5.88 Å². The van der Waals surface area contributed by atoms with E-state index < -0.39 is 11.8 Å². The number of halogens is 1. The highest BCUT2D eigenvalue weighted by atomic mass is 32.1. The number of fused-ring (bicyclic) bond motifs is 1. The molecule has 40 heavy (non-hydrogen) atoms. The van der Waals surface area contributed by atoms with Gasteiger partial charge in [-0.3, -0.25) is 4.90 Å². The second-order valence-electron chi connectivity index (χ2n) is 10.2. The van der Waals surface area contributed by atoms with Crippen LogP contribution in [0.3, 0.4) is 0 Å². The number of piperidine rings is 1. The molecule has 2 aliphatic rings. The van der Waals surface area contributed by atoms with E-state index in [4.69, 9.17) is 24.7 Å². The van der Waals surface area contributed by atoms with Crippen LogP contribution in [0.25, 0.3) is 10.3 Å². The number of rotatable bonds is 9. The molecule has 0 amide bonds. The lowest BCUT2D eigenvalue weighted by Crippen LogP contribution is -2.35. The number of pyridine rings is 1. The number of nitrogens with zero attached hydrogens (tertiary/aromatic N) is 5. The van der Waals surface area contributed by atoms with Gasteiger partial charge in [0.25, 0.3) is 0 Å². The fourth-order valence-electron chi connectivity index (χ4n) is 5.22. The summed E-state index contributed by atoms with van der Waals surface area (Å²) < 4.78 is 27.8. The molecule has 1 unspecified atom stereocenters. The van der Waals surface area contributed by atoms with Gasteiger partial charge in [-0.05, 0) is 56.6 Å². The van der Waals surface area contributed by atoms with Crippen molar-refractivity contribution in [2.24, 2.45) is 0 Å². The number of ether oxygens (including phenoxy) is 2. The topological polar surface area (TPSA) is 114 Å². The fraction of sp³-hybridized carbons (Fsp3) is 0.379. The number of aromatic nitrogens is 3. The summed E-state index contributed by atoms with van der Waals surface area (Å²) in [6.07, 6.45) is 3.01. The lowest BCUT2D eigenvalue weighted by molar-refractivity contribution is -0.0591. The van der Waals surface area contributed by atoms with E-state index in [-0.39, 0.29) is 24.2 Å². The molecule has 4 aromatic rings. The summed E-state index contributed by atoms with van der Waals surface area (Å²) in [6, 6.07) is 13.6. The standard InChI is InChI=1S/C29H28FN5O4S/c30-22-12-18(14-31)4-5-20(22)17-39-27-3-1-2-23(33-27)19-6-9-34(10-7-19)16-26-32-24-13-25(29(36)37)40-28(24)35(26)15-21-8-11-38-21/h1-5,12-13,19,21H,6-11,15-17H2,(H,36,37). The maximum absolute atomic E-state index is 14.2. The van der Waals surface area contributed by atoms with Crippen molar-refractivity contribution in [1.29, 1.82) is 5.26 Å².